The number of imidazole rings is 1. The molecule has 3 rings (SSSR count). The van der Waals surface area contributed by atoms with Crippen LogP contribution in [0.25, 0.3) is 5.78 Å². The molecule has 0 aliphatic heterocycles. The largest absolute Gasteiger partial charge is 0.481 e. The first-order valence-corrected chi connectivity index (χ1v) is 6.70. The van der Waals surface area contributed by atoms with Crippen LogP contribution in [0.5, 0.6) is 0 Å². The van der Waals surface area contributed by atoms with Gasteiger partial charge in [-0.05, 0) is 19.8 Å². The Morgan fingerprint density at radius 3 is 2.74 bits per heavy atom. The lowest BCUT2D eigenvalue weighted by Gasteiger charge is -2.07. The molecule has 0 aromatic carbocycles. The highest BCUT2D eigenvalue weighted by atomic mass is 16.4. The molecule has 2 aromatic heterocycles. The minimum Gasteiger partial charge on any atom is -0.481 e. The second kappa shape index (κ2) is 4.36. The fourth-order valence-corrected chi connectivity index (χ4v) is 3.02. The number of hydrogen-bond acceptors (Lipinski definition) is 3. The van der Waals surface area contributed by atoms with Gasteiger partial charge in [0.1, 0.15) is 5.82 Å². The molecule has 0 radical (unpaired) electrons. The molecule has 1 saturated carbocycles. The fourth-order valence-electron chi connectivity index (χ4n) is 3.02. The van der Waals surface area contributed by atoms with E-state index >= 15 is 0 Å². The van der Waals surface area contributed by atoms with Crippen LogP contribution >= 0.6 is 0 Å². The molecule has 0 bridgehead atoms. The van der Waals surface area contributed by atoms with E-state index in [9.17, 15) is 4.79 Å². The smallest absolute Gasteiger partial charge is 0.309 e. The Labute approximate surface area is 111 Å². The van der Waals surface area contributed by atoms with Gasteiger partial charge in [-0.2, -0.15) is 5.10 Å². The minimum absolute atomic E-state index is 0.0336. The van der Waals surface area contributed by atoms with Crippen LogP contribution < -0.4 is 0 Å². The molecule has 0 unspecified atom stereocenters. The molecular weight excluding hydrogens is 244 g/mol. The van der Waals surface area contributed by atoms with Crippen molar-refractivity contribution in [3.05, 3.63) is 17.2 Å². The zero-order valence-corrected chi connectivity index (χ0v) is 11.3. The van der Waals surface area contributed by atoms with Crippen molar-refractivity contribution >= 4 is 11.7 Å². The van der Waals surface area contributed by atoms with E-state index in [-0.39, 0.29) is 6.42 Å². The van der Waals surface area contributed by atoms with Gasteiger partial charge in [-0.1, -0.05) is 12.8 Å². The molecule has 2 aromatic rings. The molecule has 6 nitrogen and oxygen atoms in total. The highest BCUT2D eigenvalue weighted by molar-refractivity contribution is 5.70. The Hall–Kier alpha value is -1.85. The number of aliphatic carboxylic acids is 1. The number of fused-ring (bicyclic) bond motifs is 1. The Morgan fingerprint density at radius 2 is 2.11 bits per heavy atom. The van der Waals surface area contributed by atoms with Crippen molar-refractivity contribution in [2.24, 2.45) is 7.05 Å². The zero-order valence-electron chi connectivity index (χ0n) is 11.3. The molecule has 6 heteroatoms. The summed E-state index contributed by atoms with van der Waals surface area (Å²) in [7, 11) is 1.97. The topological polar surface area (TPSA) is 72.4 Å². The molecule has 102 valence electrons. The summed E-state index contributed by atoms with van der Waals surface area (Å²) in [6.45, 7) is 1.84. The van der Waals surface area contributed by atoms with E-state index in [4.69, 9.17) is 5.11 Å². The number of carboxylic acids is 1. The lowest BCUT2D eigenvalue weighted by Crippen LogP contribution is -2.06. The molecule has 2 heterocycles. The molecule has 1 fully saturated rings. The Kier molecular flexibility index (Phi) is 2.80. The third-order valence-electron chi connectivity index (χ3n) is 4.02. The first kappa shape index (κ1) is 12.2. The van der Waals surface area contributed by atoms with Crippen LogP contribution in [0, 0.1) is 6.92 Å². The third kappa shape index (κ3) is 1.91. The van der Waals surface area contributed by atoms with Crippen molar-refractivity contribution < 1.29 is 9.90 Å². The van der Waals surface area contributed by atoms with Crippen molar-refractivity contribution in [1.82, 2.24) is 19.2 Å². The fraction of sp³-hybridized carbons (Fsp3) is 0.615. The SMILES string of the molecule is Cc1nc2n(C)c(C3CCCC3)nn2c1CC(=O)O. The highest BCUT2D eigenvalue weighted by Gasteiger charge is 2.25. The molecule has 1 aliphatic carbocycles. The van der Waals surface area contributed by atoms with Gasteiger partial charge in [0.25, 0.3) is 0 Å². The van der Waals surface area contributed by atoms with Crippen LogP contribution in [0.15, 0.2) is 0 Å². The monoisotopic (exact) mass is 262 g/mol. The molecule has 0 atom stereocenters. The van der Waals surface area contributed by atoms with Crippen LogP contribution in [0.3, 0.4) is 0 Å². The van der Waals surface area contributed by atoms with Gasteiger partial charge < -0.3 is 5.11 Å². The molecular formula is C13H18N4O2. The number of aromatic nitrogens is 4. The predicted molar refractivity (Wildman–Crippen MR) is 69.2 cm³/mol. The average molecular weight is 262 g/mol. The second-order valence-electron chi connectivity index (χ2n) is 5.32. The molecule has 0 spiro atoms. The third-order valence-corrected chi connectivity index (χ3v) is 4.02. The predicted octanol–water partition coefficient (Wildman–Crippen LogP) is 1.66. The summed E-state index contributed by atoms with van der Waals surface area (Å²) in [6.07, 6.45) is 4.80. The van der Waals surface area contributed by atoms with Gasteiger partial charge in [0.15, 0.2) is 0 Å². The summed E-state index contributed by atoms with van der Waals surface area (Å²) in [5, 5.41) is 13.6. The van der Waals surface area contributed by atoms with E-state index in [0.717, 1.165) is 17.3 Å². The Morgan fingerprint density at radius 1 is 1.42 bits per heavy atom. The summed E-state index contributed by atoms with van der Waals surface area (Å²) < 4.78 is 3.71. The molecule has 0 saturated heterocycles. The van der Waals surface area contributed by atoms with E-state index < -0.39 is 5.97 Å². The summed E-state index contributed by atoms with van der Waals surface area (Å²) in [6, 6.07) is 0. The Balaban J connectivity index is 2.10. The standard InChI is InChI=1S/C13H18N4O2/c1-8-10(7-11(18)19)17-13(14-8)16(2)12(15-17)9-5-3-4-6-9/h9H,3-7H2,1-2H3,(H,18,19). The van der Waals surface area contributed by atoms with Crippen LogP contribution in [0.4, 0.5) is 0 Å². The number of aryl methyl sites for hydroxylation is 2. The lowest BCUT2D eigenvalue weighted by molar-refractivity contribution is -0.136. The van der Waals surface area contributed by atoms with Gasteiger partial charge in [-0.25, -0.2) is 9.50 Å². The quantitative estimate of drug-likeness (QED) is 0.913. The van der Waals surface area contributed by atoms with Gasteiger partial charge >= 0.3 is 5.97 Å². The van der Waals surface area contributed by atoms with Crippen molar-refractivity contribution in [2.45, 2.75) is 44.9 Å². The highest BCUT2D eigenvalue weighted by Crippen LogP contribution is 2.33. The zero-order chi connectivity index (χ0) is 13.6. The van der Waals surface area contributed by atoms with E-state index in [2.05, 4.69) is 10.1 Å². The summed E-state index contributed by atoms with van der Waals surface area (Å²) in [5.74, 6) is 1.42. The van der Waals surface area contributed by atoms with Crippen LogP contribution in [0.2, 0.25) is 0 Å². The van der Waals surface area contributed by atoms with E-state index in [1.165, 1.54) is 25.7 Å². The first-order chi connectivity index (χ1) is 9.08. The van der Waals surface area contributed by atoms with E-state index in [1.807, 2.05) is 18.5 Å². The average Bonchev–Trinajstić information content (AvgIpc) is 3.01. The maximum Gasteiger partial charge on any atom is 0.309 e. The van der Waals surface area contributed by atoms with Crippen molar-refractivity contribution in [3.8, 4) is 0 Å². The summed E-state index contributed by atoms with van der Waals surface area (Å²) in [5.41, 5.74) is 1.43. The van der Waals surface area contributed by atoms with Crippen LogP contribution in [0.1, 0.15) is 48.8 Å². The van der Waals surface area contributed by atoms with E-state index in [1.54, 1.807) is 4.52 Å². The number of hydrogen-bond donors (Lipinski definition) is 1. The van der Waals surface area contributed by atoms with Gasteiger partial charge in [0.05, 0.1) is 17.8 Å². The normalized spacial score (nSPS) is 16.5. The van der Waals surface area contributed by atoms with Gasteiger partial charge in [-0.3, -0.25) is 9.36 Å². The van der Waals surface area contributed by atoms with E-state index in [0.29, 0.717) is 11.6 Å². The lowest BCUT2D eigenvalue weighted by atomic mass is 10.1. The van der Waals surface area contributed by atoms with Crippen LogP contribution in [-0.2, 0) is 18.3 Å². The molecule has 0 amide bonds. The first-order valence-electron chi connectivity index (χ1n) is 6.70. The summed E-state index contributed by atoms with van der Waals surface area (Å²) in [4.78, 5) is 15.4. The molecule has 1 aliphatic rings. The molecule has 19 heavy (non-hydrogen) atoms. The maximum atomic E-state index is 10.9. The Bertz CT molecular complexity index is 635. The number of nitrogens with zero attached hydrogens (tertiary/aromatic N) is 4. The second-order valence-corrected chi connectivity index (χ2v) is 5.32. The van der Waals surface area contributed by atoms with Crippen molar-refractivity contribution in [2.75, 3.05) is 0 Å². The van der Waals surface area contributed by atoms with Crippen LogP contribution in [-0.4, -0.2) is 30.2 Å². The van der Waals surface area contributed by atoms with Crippen molar-refractivity contribution in [3.63, 3.8) is 0 Å². The van der Waals surface area contributed by atoms with Crippen molar-refractivity contribution in [1.29, 1.82) is 0 Å². The number of rotatable bonds is 3. The minimum atomic E-state index is -0.849. The molecule has 1 N–H and O–H groups in total. The van der Waals surface area contributed by atoms with Gasteiger partial charge in [-0.15, -0.1) is 0 Å². The number of carbonyl (C=O) groups is 1. The van der Waals surface area contributed by atoms with Gasteiger partial charge in [0.2, 0.25) is 5.78 Å². The maximum absolute atomic E-state index is 10.9. The number of carboxylic acid groups (broad SMARTS) is 1. The van der Waals surface area contributed by atoms with Gasteiger partial charge in [0, 0.05) is 13.0 Å². The summed E-state index contributed by atoms with van der Waals surface area (Å²) >= 11 is 0.